The number of benzene rings is 5. The molecule has 9 heteroatoms. The van der Waals surface area contributed by atoms with Gasteiger partial charge in [-0.25, -0.2) is 0 Å². The Labute approximate surface area is 256 Å². The molecule has 0 aliphatic carbocycles. The highest BCUT2D eigenvalue weighted by Gasteiger charge is 2.33. The Balaban J connectivity index is 1.95. The van der Waals surface area contributed by atoms with Gasteiger partial charge in [-0.3, -0.25) is 0 Å². The van der Waals surface area contributed by atoms with Crippen molar-refractivity contribution in [1.82, 2.24) is 0 Å². The second-order valence-electron chi connectivity index (χ2n) is 10.4. The van der Waals surface area contributed by atoms with E-state index in [4.69, 9.17) is 9.47 Å². The molecule has 0 N–H and O–H groups in total. The smallest absolute Gasteiger partial charge is 0.495 e. The Morgan fingerprint density at radius 2 is 1.02 bits per heavy atom. The van der Waals surface area contributed by atoms with Crippen LogP contribution in [0.2, 0.25) is 0 Å². The summed E-state index contributed by atoms with van der Waals surface area (Å²) in [6.45, 7) is 3.89. The summed E-state index contributed by atoms with van der Waals surface area (Å²) in [5.74, 6) is 0.287. The second-order valence-corrected chi connectivity index (χ2v) is 10.4. The van der Waals surface area contributed by atoms with Crippen LogP contribution < -0.4 is 14.2 Å². The first-order chi connectivity index (χ1) is 21.3. The third-order valence-electron chi connectivity index (χ3n) is 7.42. The first-order valence-corrected chi connectivity index (χ1v) is 13.8. The zero-order valence-corrected chi connectivity index (χ0v) is 24.7. The highest BCUT2D eigenvalue weighted by Crippen LogP contribution is 2.57. The van der Waals surface area contributed by atoms with Crippen molar-refractivity contribution in [3.63, 3.8) is 0 Å². The van der Waals surface area contributed by atoms with E-state index < -0.39 is 23.9 Å². The van der Waals surface area contributed by atoms with Gasteiger partial charge in [-0.05, 0) is 65.9 Å². The van der Waals surface area contributed by atoms with Gasteiger partial charge in [-0.2, -0.15) is 13.2 Å². The summed E-state index contributed by atoms with van der Waals surface area (Å²) in [5.41, 5.74) is 5.57. The molecule has 5 aromatic rings. The normalized spacial score (nSPS) is 11.8. The molecule has 0 atom stereocenters. The van der Waals surface area contributed by atoms with E-state index in [-0.39, 0.29) is 0 Å². The van der Waals surface area contributed by atoms with Gasteiger partial charge in [-0.15, -0.1) is 13.2 Å². The van der Waals surface area contributed by atoms with E-state index in [1.807, 2.05) is 62.4 Å². The molecule has 0 heterocycles. The average Bonchev–Trinajstić information content (AvgIpc) is 3.00. The number of hydrogen-bond donors (Lipinski definition) is 0. The molecule has 5 aromatic carbocycles. The molecule has 0 radical (unpaired) electrons. The number of methoxy groups -OCH3 is 2. The zero-order valence-electron chi connectivity index (χ0n) is 24.7. The third kappa shape index (κ3) is 6.48. The van der Waals surface area contributed by atoms with Crippen molar-refractivity contribution in [3.05, 3.63) is 114 Å². The molecule has 0 saturated heterocycles. The van der Waals surface area contributed by atoms with Crippen molar-refractivity contribution in [1.29, 1.82) is 0 Å². The molecule has 0 saturated carbocycles. The quantitative estimate of drug-likeness (QED) is 0.169. The lowest BCUT2D eigenvalue weighted by atomic mass is 9.82. The molecule has 232 valence electrons. The summed E-state index contributed by atoms with van der Waals surface area (Å²) in [7, 11) is 2.95. The fourth-order valence-corrected chi connectivity index (χ4v) is 5.45. The predicted octanol–water partition coefficient (Wildman–Crippen LogP) is 10.9. The van der Waals surface area contributed by atoms with Crippen LogP contribution in [0.4, 0.5) is 26.3 Å². The van der Waals surface area contributed by atoms with Gasteiger partial charge in [0.05, 0.1) is 19.8 Å². The standard InChI is InChI=1S/C36H28F6O3/c1-21-10-11-22(2)28(20-21)32-31(23-8-6-5-7-9-23)33(43-3)29(25-14-18-27(19-15-25)45-36(40,41)42)30(34(32)44-4)24-12-16-26(17-13-24)35(37,38)39/h5-20H,1-4H3. The predicted molar refractivity (Wildman–Crippen MR) is 162 cm³/mol. The van der Waals surface area contributed by atoms with Gasteiger partial charge in [0, 0.05) is 22.3 Å². The fourth-order valence-electron chi connectivity index (χ4n) is 5.45. The first kappa shape index (κ1) is 31.5. The Hall–Kier alpha value is -4.92. The molecule has 45 heavy (non-hydrogen) atoms. The molecule has 0 spiro atoms. The number of ether oxygens (including phenoxy) is 3. The number of hydrogen-bond acceptors (Lipinski definition) is 3. The Morgan fingerprint density at radius 3 is 1.53 bits per heavy atom. The summed E-state index contributed by atoms with van der Waals surface area (Å²) in [6.07, 6.45) is -9.44. The zero-order chi connectivity index (χ0) is 32.5. The molecule has 0 aliphatic heterocycles. The van der Waals surface area contributed by atoms with Crippen LogP contribution in [-0.2, 0) is 6.18 Å². The van der Waals surface area contributed by atoms with Gasteiger partial charge in [-0.1, -0.05) is 78.4 Å². The highest BCUT2D eigenvalue weighted by atomic mass is 19.4. The van der Waals surface area contributed by atoms with Crippen LogP contribution in [0.5, 0.6) is 17.2 Å². The van der Waals surface area contributed by atoms with Crippen LogP contribution in [0, 0.1) is 13.8 Å². The lowest BCUT2D eigenvalue weighted by Crippen LogP contribution is -2.16. The summed E-state index contributed by atoms with van der Waals surface area (Å²) < 4.78 is 95.9. The molecule has 0 aromatic heterocycles. The van der Waals surface area contributed by atoms with Gasteiger partial charge in [0.25, 0.3) is 0 Å². The van der Waals surface area contributed by atoms with Gasteiger partial charge in [0.15, 0.2) is 0 Å². The molecule has 0 amide bonds. The monoisotopic (exact) mass is 622 g/mol. The number of aryl methyl sites for hydroxylation is 2. The van der Waals surface area contributed by atoms with Gasteiger partial charge < -0.3 is 14.2 Å². The van der Waals surface area contributed by atoms with E-state index in [9.17, 15) is 26.3 Å². The van der Waals surface area contributed by atoms with E-state index >= 15 is 0 Å². The lowest BCUT2D eigenvalue weighted by molar-refractivity contribution is -0.274. The highest BCUT2D eigenvalue weighted by molar-refractivity contribution is 6.06. The van der Waals surface area contributed by atoms with Crippen molar-refractivity contribution in [2.24, 2.45) is 0 Å². The van der Waals surface area contributed by atoms with Gasteiger partial charge in [0.2, 0.25) is 0 Å². The number of rotatable bonds is 7. The maximum atomic E-state index is 13.6. The van der Waals surface area contributed by atoms with E-state index in [0.717, 1.165) is 34.4 Å². The van der Waals surface area contributed by atoms with Crippen LogP contribution in [0.3, 0.4) is 0 Å². The van der Waals surface area contributed by atoms with Crippen LogP contribution in [-0.4, -0.2) is 20.6 Å². The van der Waals surface area contributed by atoms with Gasteiger partial charge >= 0.3 is 12.5 Å². The number of alkyl halides is 6. The van der Waals surface area contributed by atoms with Crippen LogP contribution in [0.25, 0.3) is 44.5 Å². The van der Waals surface area contributed by atoms with Crippen LogP contribution in [0.15, 0.2) is 97.1 Å². The average molecular weight is 623 g/mol. The Kier molecular flexibility index (Phi) is 8.56. The summed E-state index contributed by atoms with van der Waals surface area (Å²) in [5, 5.41) is 0. The minimum Gasteiger partial charge on any atom is -0.495 e. The minimum atomic E-state index is -4.89. The Bertz CT molecular complexity index is 1810. The summed E-state index contributed by atoms with van der Waals surface area (Å²) in [4.78, 5) is 0. The van der Waals surface area contributed by atoms with Crippen molar-refractivity contribution in [2.45, 2.75) is 26.4 Å². The molecular weight excluding hydrogens is 594 g/mol. The molecule has 3 nitrogen and oxygen atoms in total. The van der Waals surface area contributed by atoms with Crippen molar-refractivity contribution in [2.75, 3.05) is 14.2 Å². The maximum Gasteiger partial charge on any atom is 0.573 e. The topological polar surface area (TPSA) is 27.7 Å². The van der Waals surface area contributed by atoms with E-state index in [2.05, 4.69) is 4.74 Å². The van der Waals surface area contributed by atoms with E-state index in [1.165, 1.54) is 50.6 Å². The minimum absolute atomic E-state index is 0.355. The summed E-state index contributed by atoms with van der Waals surface area (Å²) >= 11 is 0. The van der Waals surface area contributed by atoms with E-state index in [0.29, 0.717) is 44.9 Å². The largest absolute Gasteiger partial charge is 0.573 e. The van der Waals surface area contributed by atoms with E-state index in [1.54, 1.807) is 0 Å². The molecule has 0 unspecified atom stereocenters. The molecular formula is C36H28F6O3. The third-order valence-corrected chi connectivity index (χ3v) is 7.42. The lowest BCUT2D eigenvalue weighted by Gasteiger charge is -2.27. The van der Waals surface area contributed by atoms with Crippen molar-refractivity contribution < 1.29 is 40.6 Å². The Morgan fingerprint density at radius 1 is 0.533 bits per heavy atom. The summed E-state index contributed by atoms with van der Waals surface area (Å²) in [6, 6.07) is 25.2. The molecule has 0 fully saturated rings. The molecule has 0 aliphatic rings. The maximum absolute atomic E-state index is 13.6. The molecule has 0 bridgehead atoms. The fraction of sp³-hybridized carbons (Fsp3) is 0.167. The van der Waals surface area contributed by atoms with Crippen LogP contribution in [0.1, 0.15) is 16.7 Å². The van der Waals surface area contributed by atoms with Gasteiger partial charge in [0.1, 0.15) is 17.2 Å². The molecule has 5 rings (SSSR count). The SMILES string of the molecule is COc1c(-c2ccc(OC(F)(F)F)cc2)c(-c2ccc(C(F)(F)F)cc2)c(OC)c(-c2cc(C)ccc2C)c1-c1ccccc1. The van der Waals surface area contributed by atoms with Crippen molar-refractivity contribution >= 4 is 0 Å². The van der Waals surface area contributed by atoms with Crippen molar-refractivity contribution in [3.8, 4) is 61.8 Å². The number of halogens is 6. The second kappa shape index (κ2) is 12.2. The first-order valence-electron chi connectivity index (χ1n) is 13.8. The van der Waals surface area contributed by atoms with Crippen LogP contribution >= 0.6 is 0 Å².